The molecule has 1 N–H and O–H groups in total. The Morgan fingerprint density at radius 3 is 2.55 bits per heavy atom. The Bertz CT molecular complexity index is 1050. The summed E-state index contributed by atoms with van der Waals surface area (Å²) in [6.07, 6.45) is 6.19. The predicted molar refractivity (Wildman–Crippen MR) is 121 cm³/mol. The van der Waals surface area contributed by atoms with E-state index in [1.54, 1.807) is 29.4 Å². The Kier molecular flexibility index (Phi) is 6.68. The summed E-state index contributed by atoms with van der Waals surface area (Å²) in [4.78, 5) is 12.8. The van der Waals surface area contributed by atoms with Gasteiger partial charge in [0.05, 0.1) is 10.6 Å². The first-order valence-electron chi connectivity index (χ1n) is 10.8. The minimum absolute atomic E-state index is 0.179. The number of hydrogen-bond donors (Lipinski definition) is 1. The van der Waals surface area contributed by atoms with Gasteiger partial charge < -0.3 is 9.88 Å². The third-order valence-corrected chi connectivity index (χ3v) is 8.86. The molecule has 1 aliphatic carbocycles. The summed E-state index contributed by atoms with van der Waals surface area (Å²) >= 11 is 1.33. The van der Waals surface area contributed by atoms with Crippen LogP contribution in [0, 0.1) is 6.92 Å². The van der Waals surface area contributed by atoms with Crippen LogP contribution in [0.15, 0.2) is 28.3 Å². The summed E-state index contributed by atoms with van der Waals surface area (Å²) in [6.45, 7) is 2.89. The van der Waals surface area contributed by atoms with Crippen LogP contribution in [0.5, 0.6) is 0 Å². The molecule has 0 bridgehead atoms. The second-order valence-corrected chi connectivity index (χ2v) is 11.2. The molecule has 31 heavy (non-hydrogen) atoms. The number of thioether (sulfide) groups is 1. The molecular weight excluding hydrogens is 434 g/mol. The molecule has 1 aliphatic heterocycles. The largest absolute Gasteiger partial charge is 0.325 e. The van der Waals surface area contributed by atoms with Crippen molar-refractivity contribution in [3.8, 4) is 0 Å². The van der Waals surface area contributed by atoms with Crippen LogP contribution in [0.1, 0.15) is 55.8 Å². The molecule has 10 heteroatoms. The van der Waals surface area contributed by atoms with E-state index in [0.717, 1.165) is 44.3 Å². The second-order valence-electron chi connectivity index (χ2n) is 8.31. The number of hydrogen-bond acceptors (Lipinski definition) is 6. The van der Waals surface area contributed by atoms with Crippen LogP contribution in [0.25, 0.3) is 0 Å². The molecule has 1 aromatic heterocycles. The molecule has 2 aliphatic rings. The van der Waals surface area contributed by atoms with Crippen molar-refractivity contribution in [2.24, 2.45) is 7.05 Å². The maximum atomic E-state index is 13.2. The molecule has 1 saturated heterocycles. The van der Waals surface area contributed by atoms with Gasteiger partial charge in [0.15, 0.2) is 5.16 Å². The third-order valence-electron chi connectivity index (χ3n) is 5.80. The average Bonchev–Trinajstić information content (AvgIpc) is 3.55. The molecule has 0 radical (unpaired) electrons. The SMILES string of the molecule is Cc1ccc(NC(=O)CSc2nnc(C3CC3)n2C)cc1S(=O)(=O)N1CCCCCC1. The molecule has 168 valence electrons. The summed E-state index contributed by atoms with van der Waals surface area (Å²) in [6, 6.07) is 5.07. The number of sulfonamides is 1. The number of benzene rings is 1. The highest BCUT2D eigenvalue weighted by Gasteiger charge is 2.29. The Morgan fingerprint density at radius 1 is 1.16 bits per heavy atom. The monoisotopic (exact) mass is 463 g/mol. The van der Waals surface area contributed by atoms with E-state index in [4.69, 9.17) is 0 Å². The molecule has 0 spiro atoms. The van der Waals surface area contributed by atoms with E-state index < -0.39 is 10.0 Å². The molecule has 2 fully saturated rings. The van der Waals surface area contributed by atoms with E-state index >= 15 is 0 Å². The first kappa shape index (κ1) is 22.3. The molecule has 8 nitrogen and oxygen atoms in total. The van der Waals surface area contributed by atoms with Gasteiger partial charge in [-0.25, -0.2) is 8.42 Å². The minimum atomic E-state index is -3.58. The highest BCUT2D eigenvalue weighted by molar-refractivity contribution is 7.99. The quantitative estimate of drug-likeness (QED) is 0.633. The fraction of sp³-hybridized carbons (Fsp3) is 0.571. The average molecular weight is 464 g/mol. The van der Waals surface area contributed by atoms with Crippen molar-refractivity contribution in [2.45, 2.75) is 61.4 Å². The zero-order chi connectivity index (χ0) is 22.0. The van der Waals surface area contributed by atoms with Crippen molar-refractivity contribution >= 4 is 33.4 Å². The van der Waals surface area contributed by atoms with Gasteiger partial charge in [-0.3, -0.25) is 4.79 Å². The maximum absolute atomic E-state index is 13.2. The molecule has 0 unspecified atom stereocenters. The number of nitrogens with one attached hydrogen (secondary N) is 1. The van der Waals surface area contributed by atoms with Gasteiger partial charge in [0, 0.05) is 31.7 Å². The maximum Gasteiger partial charge on any atom is 0.243 e. The number of carbonyl (C=O) groups excluding carboxylic acids is 1. The zero-order valence-corrected chi connectivity index (χ0v) is 19.6. The number of rotatable bonds is 7. The molecular formula is C21H29N5O3S2. The van der Waals surface area contributed by atoms with Gasteiger partial charge in [0.2, 0.25) is 15.9 Å². The third kappa shape index (κ3) is 5.12. The van der Waals surface area contributed by atoms with Gasteiger partial charge in [0.1, 0.15) is 5.82 Å². The van der Waals surface area contributed by atoms with Gasteiger partial charge >= 0.3 is 0 Å². The van der Waals surface area contributed by atoms with Crippen LogP contribution in [0.2, 0.25) is 0 Å². The Balaban J connectivity index is 1.42. The smallest absolute Gasteiger partial charge is 0.243 e. The zero-order valence-electron chi connectivity index (χ0n) is 18.0. The van der Waals surface area contributed by atoms with Crippen molar-refractivity contribution in [2.75, 3.05) is 24.2 Å². The number of aromatic nitrogens is 3. The first-order valence-corrected chi connectivity index (χ1v) is 13.2. The van der Waals surface area contributed by atoms with Crippen LogP contribution >= 0.6 is 11.8 Å². The molecule has 2 aromatic rings. The second kappa shape index (κ2) is 9.30. The molecule has 4 rings (SSSR count). The minimum Gasteiger partial charge on any atom is -0.325 e. The number of aryl methyl sites for hydroxylation is 1. The van der Waals surface area contributed by atoms with Crippen LogP contribution < -0.4 is 5.32 Å². The molecule has 1 aromatic carbocycles. The van der Waals surface area contributed by atoms with Crippen LogP contribution in [0.4, 0.5) is 5.69 Å². The lowest BCUT2D eigenvalue weighted by Crippen LogP contribution is -2.32. The number of anilines is 1. The van der Waals surface area contributed by atoms with Gasteiger partial charge in [-0.15, -0.1) is 10.2 Å². The standard InChI is InChI=1S/C21H29N5O3S2/c1-15-7-10-17(13-18(15)31(28,29)26-11-5-3-4-6-12-26)22-19(27)14-30-21-24-23-20(25(21)2)16-8-9-16/h7,10,13,16H,3-6,8-9,11-12,14H2,1-2H3,(H,22,27). The summed E-state index contributed by atoms with van der Waals surface area (Å²) in [5.74, 6) is 1.45. The van der Waals surface area contributed by atoms with Crippen molar-refractivity contribution in [3.05, 3.63) is 29.6 Å². The summed E-state index contributed by atoms with van der Waals surface area (Å²) in [5, 5.41) is 12.0. The van der Waals surface area contributed by atoms with E-state index in [9.17, 15) is 13.2 Å². The van der Waals surface area contributed by atoms with Gasteiger partial charge in [0.25, 0.3) is 0 Å². The highest BCUT2D eigenvalue weighted by atomic mass is 32.2. The topological polar surface area (TPSA) is 97.2 Å². The fourth-order valence-corrected chi connectivity index (χ4v) is 6.34. The van der Waals surface area contributed by atoms with Gasteiger partial charge in [-0.2, -0.15) is 4.31 Å². The summed E-state index contributed by atoms with van der Waals surface area (Å²) in [7, 11) is -1.66. The van der Waals surface area contributed by atoms with Crippen molar-refractivity contribution in [3.63, 3.8) is 0 Å². The molecule has 1 saturated carbocycles. The van der Waals surface area contributed by atoms with E-state index in [-0.39, 0.29) is 16.6 Å². The van der Waals surface area contributed by atoms with Gasteiger partial charge in [-0.1, -0.05) is 30.7 Å². The van der Waals surface area contributed by atoms with Crippen LogP contribution in [-0.2, 0) is 21.9 Å². The van der Waals surface area contributed by atoms with E-state index in [1.165, 1.54) is 11.8 Å². The lowest BCUT2D eigenvalue weighted by molar-refractivity contribution is -0.113. The van der Waals surface area contributed by atoms with E-state index in [1.807, 2.05) is 11.6 Å². The van der Waals surface area contributed by atoms with Gasteiger partial charge in [-0.05, 0) is 50.3 Å². The van der Waals surface area contributed by atoms with Crippen molar-refractivity contribution < 1.29 is 13.2 Å². The van der Waals surface area contributed by atoms with Crippen LogP contribution in [0.3, 0.4) is 0 Å². The van der Waals surface area contributed by atoms with E-state index in [2.05, 4.69) is 15.5 Å². The Hall–Kier alpha value is -1.91. The fourth-order valence-electron chi connectivity index (χ4n) is 3.85. The molecule has 1 amide bonds. The van der Waals surface area contributed by atoms with E-state index in [0.29, 0.717) is 35.4 Å². The Morgan fingerprint density at radius 2 is 1.87 bits per heavy atom. The number of nitrogens with zero attached hydrogens (tertiary/aromatic N) is 4. The van der Waals surface area contributed by atoms with Crippen molar-refractivity contribution in [1.82, 2.24) is 19.1 Å². The normalized spacial score (nSPS) is 18.0. The van der Waals surface area contributed by atoms with Crippen LogP contribution in [-0.4, -0.2) is 52.2 Å². The summed E-state index contributed by atoms with van der Waals surface area (Å²) in [5.41, 5.74) is 1.17. The highest BCUT2D eigenvalue weighted by Crippen LogP contribution is 2.39. The predicted octanol–water partition coefficient (Wildman–Crippen LogP) is 3.30. The number of carbonyl (C=O) groups is 1. The van der Waals surface area contributed by atoms with Crippen molar-refractivity contribution in [1.29, 1.82) is 0 Å². The Labute approximate surface area is 187 Å². The lowest BCUT2D eigenvalue weighted by atomic mass is 10.2. The first-order chi connectivity index (χ1) is 14.9. The lowest BCUT2D eigenvalue weighted by Gasteiger charge is -2.21. The molecule has 0 atom stereocenters. The number of amides is 1. The summed E-state index contributed by atoms with van der Waals surface area (Å²) < 4.78 is 29.9. The molecule has 2 heterocycles.